The van der Waals surface area contributed by atoms with Crippen LogP contribution in [0.1, 0.15) is 16.1 Å². The van der Waals surface area contributed by atoms with Crippen molar-refractivity contribution in [3.63, 3.8) is 0 Å². The number of rotatable bonds is 3. The van der Waals surface area contributed by atoms with Crippen LogP contribution >= 0.6 is 11.8 Å². The maximum Gasteiger partial charge on any atom is 0.254 e. The molecule has 1 aromatic carbocycles. The van der Waals surface area contributed by atoms with E-state index in [0.717, 1.165) is 35.9 Å². The average Bonchev–Trinajstić information content (AvgIpc) is 2.68. The summed E-state index contributed by atoms with van der Waals surface area (Å²) in [7, 11) is 0. The summed E-state index contributed by atoms with van der Waals surface area (Å²) in [4.78, 5) is 33.9. The standard InChI is InChI=1S/C19H20N4O2S/c24-18-13-26-17-5-4-14(11-16(17)21-18)19(25)23-9-7-22(8-10-23)12-15-3-1-2-6-20-15/h1-6,11H,7-10,12-13H2,(H,21,24). The summed E-state index contributed by atoms with van der Waals surface area (Å²) >= 11 is 1.50. The first kappa shape index (κ1) is 17.1. The molecule has 2 amide bonds. The number of anilines is 1. The molecule has 1 fully saturated rings. The lowest BCUT2D eigenvalue weighted by Gasteiger charge is -2.34. The van der Waals surface area contributed by atoms with Crippen LogP contribution in [0.2, 0.25) is 0 Å². The largest absolute Gasteiger partial charge is 0.336 e. The Balaban J connectivity index is 1.38. The number of amides is 2. The number of benzene rings is 1. The second-order valence-electron chi connectivity index (χ2n) is 6.44. The molecular weight excluding hydrogens is 348 g/mol. The van der Waals surface area contributed by atoms with Crippen molar-refractivity contribution in [1.29, 1.82) is 0 Å². The van der Waals surface area contributed by atoms with Crippen molar-refractivity contribution in [2.24, 2.45) is 0 Å². The van der Waals surface area contributed by atoms with E-state index in [1.165, 1.54) is 11.8 Å². The summed E-state index contributed by atoms with van der Waals surface area (Å²) in [5, 5.41) is 2.85. The number of pyridine rings is 1. The highest BCUT2D eigenvalue weighted by Crippen LogP contribution is 2.32. The number of fused-ring (bicyclic) bond motifs is 1. The monoisotopic (exact) mass is 368 g/mol. The van der Waals surface area contributed by atoms with Crippen LogP contribution in [-0.4, -0.2) is 58.5 Å². The van der Waals surface area contributed by atoms with Gasteiger partial charge in [-0.15, -0.1) is 11.8 Å². The molecule has 1 saturated heterocycles. The summed E-state index contributed by atoms with van der Waals surface area (Å²) in [6, 6.07) is 11.5. The number of carbonyl (C=O) groups excluding carboxylic acids is 2. The maximum absolute atomic E-state index is 12.8. The fourth-order valence-electron chi connectivity index (χ4n) is 3.23. The zero-order chi connectivity index (χ0) is 17.9. The van der Waals surface area contributed by atoms with Gasteiger partial charge >= 0.3 is 0 Å². The second-order valence-corrected chi connectivity index (χ2v) is 7.45. The molecule has 134 valence electrons. The van der Waals surface area contributed by atoms with Gasteiger partial charge in [0.2, 0.25) is 5.91 Å². The highest BCUT2D eigenvalue weighted by molar-refractivity contribution is 8.00. The third kappa shape index (κ3) is 3.73. The van der Waals surface area contributed by atoms with Gasteiger partial charge in [-0.2, -0.15) is 0 Å². The number of nitrogens with one attached hydrogen (secondary N) is 1. The predicted molar refractivity (Wildman–Crippen MR) is 101 cm³/mol. The Morgan fingerprint density at radius 2 is 2.00 bits per heavy atom. The van der Waals surface area contributed by atoms with Crippen molar-refractivity contribution in [2.45, 2.75) is 11.4 Å². The first-order chi connectivity index (χ1) is 12.7. The summed E-state index contributed by atoms with van der Waals surface area (Å²) in [5.74, 6) is 0.434. The fraction of sp³-hybridized carbons (Fsp3) is 0.316. The van der Waals surface area contributed by atoms with Gasteiger partial charge < -0.3 is 10.2 Å². The van der Waals surface area contributed by atoms with Gasteiger partial charge in [-0.25, -0.2) is 0 Å². The lowest BCUT2D eigenvalue weighted by atomic mass is 10.1. The topological polar surface area (TPSA) is 65.5 Å². The van der Waals surface area contributed by atoms with Gasteiger partial charge in [-0.05, 0) is 30.3 Å². The highest BCUT2D eigenvalue weighted by Gasteiger charge is 2.24. The van der Waals surface area contributed by atoms with Crippen molar-refractivity contribution < 1.29 is 9.59 Å². The summed E-state index contributed by atoms with van der Waals surface area (Å²) in [6.07, 6.45) is 1.81. The molecule has 2 aromatic rings. The molecule has 0 bridgehead atoms. The molecule has 4 rings (SSSR count). The zero-order valence-corrected chi connectivity index (χ0v) is 15.2. The number of piperazine rings is 1. The van der Waals surface area contributed by atoms with Crippen molar-refractivity contribution in [3.8, 4) is 0 Å². The molecule has 1 N–H and O–H groups in total. The normalized spacial score (nSPS) is 17.5. The van der Waals surface area contributed by atoms with Gasteiger partial charge in [0, 0.05) is 49.4 Å². The first-order valence-electron chi connectivity index (χ1n) is 8.67. The summed E-state index contributed by atoms with van der Waals surface area (Å²) in [6.45, 7) is 3.87. The van der Waals surface area contributed by atoms with Crippen LogP contribution in [-0.2, 0) is 11.3 Å². The number of hydrogen-bond acceptors (Lipinski definition) is 5. The van der Waals surface area contributed by atoms with Gasteiger partial charge in [0.25, 0.3) is 5.91 Å². The third-order valence-electron chi connectivity index (χ3n) is 4.63. The van der Waals surface area contributed by atoms with Gasteiger partial charge in [-0.3, -0.25) is 19.5 Å². The Bertz CT molecular complexity index is 820. The fourth-order valence-corrected chi connectivity index (χ4v) is 4.02. The maximum atomic E-state index is 12.8. The van der Waals surface area contributed by atoms with E-state index in [1.807, 2.05) is 41.4 Å². The van der Waals surface area contributed by atoms with E-state index >= 15 is 0 Å². The zero-order valence-electron chi connectivity index (χ0n) is 14.4. The molecule has 2 aliphatic rings. The Morgan fingerprint density at radius 3 is 2.77 bits per heavy atom. The minimum absolute atomic E-state index is 0.0183. The molecule has 6 nitrogen and oxygen atoms in total. The molecule has 7 heteroatoms. The van der Waals surface area contributed by atoms with E-state index in [-0.39, 0.29) is 11.8 Å². The van der Waals surface area contributed by atoms with Gasteiger partial charge in [0.1, 0.15) is 0 Å². The molecule has 0 aliphatic carbocycles. The van der Waals surface area contributed by atoms with Crippen LogP contribution < -0.4 is 5.32 Å². The minimum atomic E-state index is -0.0183. The van der Waals surface area contributed by atoms with E-state index in [1.54, 1.807) is 6.07 Å². The number of thioether (sulfide) groups is 1. The lowest BCUT2D eigenvalue weighted by molar-refractivity contribution is -0.113. The quantitative estimate of drug-likeness (QED) is 0.899. The van der Waals surface area contributed by atoms with Crippen molar-refractivity contribution in [3.05, 3.63) is 53.9 Å². The third-order valence-corrected chi connectivity index (χ3v) is 5.70. The van der Waals surface area contributed by atoms with Gasteiger partial charge in [-0.1, -0.05) is 6.07 Å². The molecule has 0 saturated carbocycles. The molecule has 1 aromatic heterocycles. The van der Waals surface area contributed by atoms with Crippen LogP contribution in [0.25, 0.3) is 0 Å². The van der Waals surface area contributed by atoms with Crippen LogP contribution in [0, 0.1) is 0 Å². The number of carbonyl (C=O) groups is 2. The van der Waals surface area contributed by atoms with Crippen molar-refractivity contribution >= 4 is 29.3 Å². The number of aromatic nitrogens is 1. The van der Waals surface area contributed by atoms with Crippen molar-refractivity contribution in [1.82, 2.24) is 14.8 Å². The van der Waals surface area contributed by atoms with Crippen LogP contribution in [0.15, 0.2) is 47.5 Å². The molecular formula is C19H20N4O2S. The molecule has 0 atom stereocenters. The molecule has 2 aliphatic heterocycles. The summed E-state index contributed by atoms with van der Waals surface area (Å²) < 4.78 is 0. The smallest absolute Gasteiger partial charge is 0.254 e. The van der Waals surface area contributed by atoms with Crippen LogP contribution in [0.3, 0.4) is 0 Å². The Hall–Kier alpha value is -2.38. The van der Waals surface area contributed by atoms with Gasteiger partial charge in [0.15, 0.2) is 0 Å². The van der Waals surface area contributed by atoms with E-state index in [9.17, 15) is 9.59 Å². The Labute approximate surface area is 156 Å². The van der Waals surface area contributed by atoms with Gasteiger partial charge in [0.05, 0.1) is 17.1 Å². The van der Waals surface area contributed by atoms with Crippen LogP contribution in [0.4, 0.5) is 5.69 Å². The molecule has 0 radical (unpaired) electrons. The highest BCUT2D eigenvalue weighted by atomic mass is 32.2. The lowest BCUT2D eigenvalue weighted by Crippen LogP contribution is -2.48. The number of hydrogen-bond donors (Lipinski definition) is 1. The summed E-state index contributed by atoms with van der Waals surface area (Å²) in [5.41, 5.74) is 2.42. The Kier molecular flexibility index (Phi) is 4.90. The average molecular weight is 368 g/mol. The SMILES string of the molecule is O=C1CSc2ccc(C(=O)N3CCN(Cc4ccccn4)CC3)cc2N1. The molecule has 0 unspecified atom stereocenters. The molecule has 26 heavy (non-hydrogen) atoms. The minimum Gasteiger partial charge on any atom is -0.336 e. The Morgan fingerprint density at radius 1 is 1.15 bits per heavy atom. The van der Waals surface area contributed by atoms with E-state index < -0.39 is 0 Å². The van der Waals surface area contributed by atoms with E-state index in [4.69, 9.17) is 0 Å². The van der Waals surface area contributed by atoms with E-state index in [0.29, 0.717) is 24.4 Å². The predicted octanol–water partition coefficient (Wildman–Crippen LogP) is 2.08. The molecule has 0 spiro atoms. The van der Waals surface area contributed by atoms with Crippen molar-refractivity contribution in [2.75, 3.05) is 37.2 Å². The second kappa shape index (κ2) is 7.47. The van der Waals surface area contributed by atoms with Crippen LogP contribution in [0.5, 0.6) is 0 Å². The molecule has 3 heterocycles. The first-order valence-corrected chi connectivity index (χ1v) is 9.66. The van der Waals surface area contributed by atoms with E-state index in [2.05, 4.69) is 15.2 Å². The number of nitrogens with zero attached hydrogens (tertiary/aromatic N) is 3.